The second-order valence-electron chi connectivity index (χ2n) is 2.62. The summed E-state index contributed by atoms with van der Waals surface area (Å²) in [6, 6.07) is 2.97. The van der Waals surface area contributed by atoms with Gasteiger partial charge in [0, 0.05) is 0 Å². The van der Waals surface area contributed by atoms with E-state index < -0.39 is 24.1 Å². The molecule has 0 unspecified atom stereocenters. The second kappa shape index (κ2) is 4.43. The summed E-state index contributed by atoms with van der Waals surface area (Å²) in [6.45, 7) is 0. The lowest BCUT2D eigenvalue weighted by molar-refractivity contribution is -0.0623. The highest BCUT2D eigenvalue weighted by Gasteiger charge is 2.37. The summed E-state index contributed by atoms with van der Waals surface area (Å²) in [5, 5.41) is 11.8. The number of nitrogens with zero attached hydrogens (tertiary/aromatic N) is 1. The standard InChI is InChI=1S/C8H6F3NO2S/c9-8(10,11)7(12-14)4-5(13)6-2-1-3-15-6/h1-3,14H,4H2/b12-7-. The lowest BCUT2D eigenvalue weighted by Gasteiger charge is -2.06. The zero-order valence-electron chi connectivity index (χ0n) is 7.28. The SMILES string of the molecule is O=C(C/C(=N/O)C(F)(F)F)c1cccs1. The van der Waals surface area contributed by atoms with E-state index in [1.165, 1.54) is 6.07 Å². The molecule has 0 aromatic carbocycles. The van der Waals surface area contributed by atoms with Crippen LogP contribution in [0.15, 0.2) is 22.7 Å². The molecular formula is C8H6F3NO2S. The van der Waals surface area contributed by atoms with Gasteiger partial charge in [-0.2, -0.15) is 13.2 Å². The van der Waals surface area contributed by atoms with Crippen LogP contribution in [0, 0.1) is 0 Å². The van der Waals surface area contributed by atoms with Gasteiger partial charge in [-0.1, -0.05) is 11.2 Å². The Balaban J connectivity index is 2.74. The first-order valence-corrected chi connectivity index (χ1v) is 4.68. The highest BCUT2D eigenvalue weighted by Crippen LogP contribution is 2.21. The van der Waals surface area contributed by atoms with E-state index in [4.69, 9.17) is 5.21 Å². The molecule has 0 amide bonds. The zero-order valence-corrected chi connectivity index (χ0v) is 8.10. The van der Waals surface area contributed by atoms with Crippen LogP contribution >= 0.6 is 11.3 Å². The fourth-order valence-electron chi connectivity index (χ4n) is 0.869. The largest absolute Gasteiger partial charge is 0.433 e. The molecule has 7 heteroatoms. The van der Waals surface area contributed by atoms with Gasteiger partial charge in [0.1, 0.15) is 0 Å². The number of halogens is 3. The minimum atomic E-state index is -4.78. The van der Waals surface area contributed by atoms with E-state index in [0.29, 0.717) is 0 Å². The Bertz CT molecular complexity index is 370. The highest BCUT2D eigenvalue weighted by molar-refractivity contribution is 7.12. The number of hydrogen-bond acceptors (Lipinski definition) is 4. The number of hydrogen-bond donors (Lipinski definition) is 1. The number of ketones is 1. The average molecular weight is 237 g/mol. The Hall–Kier alpha value is -1.37. The van der Waals surface area contributed by atoms with E-state index in [1.807, 2.05) is 0 Å². The first kappa shape index (κ1) is 11.7. The van der Waals surface area contributed by atoms with Crippen LogP contribution in [0.4, 0.5) is 13.2 Å². The maximum absolute atomic E-state index is 12.1. The van der Waals surface area contributed by atoms with Crippen molar-refractivity contribution < 1.29 is 23.2 Å². The van der Waals surface area contributed by atoms with E-state index in [-0.39, 0.29) is 4.88 Å². The van der Waals surface area contributed by atoms with Crippen molar-refractivity contribution in [3.8, 4) is 0 Å². The molecule has 0 fully saturated rings. The smallest absolute Gasteiger partial charge is 0.411 e. The fraction of sp³-hybridized carbons (Fsp3) is 0.250. The van der Waals surface area contributed by atoms with Crippen LogP contribution in [-0.2, 0) is 0 Å². The summed E-state index contributed by atoms with van der Waals surface area (Å²) < 4.78 is 36.2. The van der Waals surface area contributed by atoms with Crippen molar-refractivity contribution in [2.24, 2.45) is 5.16 Å². The molecule has 0 aliphatic carbocycles. The third-order valence-corrected chi connectivity index (χ3v) is 2.48. The maximum Gasteiger partial charge on any atom is 0.433 e. The predicted octanol–water partition coefficient (Wildman–Crippen LogP) is 2.71. The van der Waals surface area contributed by atoms with Crippen LogP contribution in [0.2, 0.25) is 0 Å². The van der Waals surface area contributed by atoms with Crippen LogP contribution < -0.4 is 0 Å². The molecule has 0 radical (unpaired) electrons. The Morgan fingerprint density at radius 3 is 2.60 bits per heavy atom. The minimum absolute atomic E-state index is 0.209. The molecule has 82 valence electrons. The molecule has 1 rings (SSSR count). The topological polar surface area (TPSA) is 49.7 Å². The van der Waals surface area contributed by atoms with Gasteiger partial charge in [0.15, 0.2) is 11.5 Å². The quantitative estimate of drug-likeness (QED) is 0.380. The van der Waals surface area contributed by atoms with Gasteiger partial charge in [0.05, 0.1) is 11.3 Å². The number of Topliss-reactive ketones (excluding diaryl/α,β-unsaturated/α-hetero) is 1. The summed E-state index contributed by atoms with van der Waals surface area (Å²) >= 11 is 1.04. The lowest BCUT2D eigenvalue weighted by atomic mass is 10.1. The van der Waals surface area contributed by atoms with Gasteiger partial charge in [0.2, 0.25) is 0 Å². The Labute approximate surface area is 86.8 Å². The molecule has 0 saturated carbocycles. The lowest BCUT2D eigenvalue weighted by Crippen LogP contribution is -2.25. The van der Waals surface area contributed by atoms with Gasteiger partial charge in [0.25, 0.3) is 0 Å². The van der Waals surface area contributed by atoms with Crippen LogP contribution in [-0.4, -0.2) is 22.9 Å². The summed E-state index contributed by atoms with van der Waals surface area (Å²) in [6.07, 6.45) is -5.72. The molecule has 0 bridgehead atoms. The molecular weight excluding hydrogens is 231 g/mol. The van der Waals surface area contributed by atoms with E-state index >= 15 is 0 Å². The third kappa shape index (κ3) is 3.05. The molecule has 0 saturated heterocycles. The highest BCUT2D eigenvalue weighted by atomic mass is 32.1. The van der Waals surface area contributed by atoms with Crippen molar-refractivity contribution in [2.45, 2.75) is 12.6 Å². The molecule has 0 atom stereocenters. The Kier molecular flexibility index (Phi) is 3.46. The molecule has 1 heterocycles. The zero-order chi connectivity index (χ0) is 11.5. The van der Waals surface area contributed by atoms with E-state index in [2.05, 4.69) is 5.16 Å². The van der Waals surface area contributed by atoms with Crippen molar-refractivity contribution in [1.82, 2.24) is 0 Å². The summed E-state index contributed by atoms with van der Waals surface area (Å²) in [5.74, 6) is -0.713. The van der Waals surface area contributed by atoms with Gasteiger partial charge >= 0.3 is 6.18 Å². The van der Waals surface area contributed by atoms with Crippen molar-refractivity contribution >= 4 is 22.8 Å². The molecule has 0 spiro atoms. The van der Waals surface area contributed by atoms with Crippen molar-refractivity contribution in [3.05, 3.63) is 22.4 Å². The van der Waals surface area contributed by atoms with Crippen LogP contribution in [0.3, 0.4) is 0 Å². The monoisotopic (exact) mass is 237 g/mol. The maximum atomic E-state index is 12.1. The molecule has 1 aromatic rings. The van der Waals surface area contributed by atoms with Gasteiger partial charge in [-0.15, -0.1) is 11.3 Å². The van der Waals surface area contributed by atoms with Gasteiger partial charge in [-0.05, 0) is 11.4 Å². The first-order valence-electron chi connectivity index (χ1n) is 3.80. The normalized spacial score (nSPS) is 12.9. The second-order valence-corrected chi connectivity index (χ2v) is 3.57. The molecule has 3 nitrogen and oxygen atoms in total. The van der Waals surface area contributed by atoms with Crippen molar-refractivity contribution in [2.75, 3.05) is 0 Å². The number of alkyl halides is 3. The summed E-state index contributed by atoms with van der Waals surface area (Å²) in [4.78, 5) is 11.4. The summed E-state index contributed by atoms with van der Waals surface area (Å²) in [7, 11) is 0. The third-order valence-electron chi connectivity index (χ3n) is 1.57. The predicted molar refractivity (Wildman–Crippen MR) is 48.5 cm³/mol. The van der Waals surface area contributed by atoms with Gasteiger partial charge in [-0.25, -0.2) is 0 Å². The van der Waals surface area contributed by atoms with Crippen molar-refractivity contribution in [3.63, 3.8) is 0 Å². The Morgan fingerprint density at radius 2 is 2.20 bits per heavy atom. The number of oxime groups is 1. The molecule has 1 aromatic heterocycles. The van der Waals surface area contributed by atoms with Gasteiger partial charge < -0.3 is 5.21 Å². The molecule has 15 heavy (non-hydrogen) atoms. The fourth-order valence-corrected chi connectivity index (χ4v) is 1.53. The summed E-state index contributed by atoms with van der Waals surface area (Å²) in [5.41, 5.74) is -1.49. The number of thiophene rings is 1. The van der Waals surface area contributed by atoms with Crippen LogP contribution in [0.5, 0.6) is 0 Å². The van der Waals surface area contributed by atoms with Crippen LogP contribution in [0.1, 0.15) is 16.1 Å². The number of rotatable bonds is 3. The van der Waals surface area contributed by atoms with Gasteiger partial charge in [-0.3, -0.25) is 4.79 Å². The molecule has 0 aliphatic rings. The Morgan fingerprint density at radius 1 is 1.53 bits per heavy atom. The average Bonchev–Trinajstić information content (AvgIpc) is 2.64. The van der Waals surface area contributed by atoms with E-state index in [0.717, 1.165) is 11.3 Å². The van der Waals surface area contributed by atoms with Crippen molar-refractivity contribution in [1.29, 1.82) is 0 Å². The number of carbonyl (C=O) groups is 1. The first-order chi connectivity index (χ1) is 6.95. The number of carbonyl (C=O) groups excluding carboxylic acids is 1. The molecule has 0 aliphatic heterocycles. The van der Waals surface area contributed by atoms with Crippen LogP contribution in [0.25, 0.3) is 0 Å². The molecule has 1 N–H and O–H groups in total. The minimum Gasteiger partial charge on any atom is -0.411 e. The van der Waals surface area contributed by atoms with E-state index in [9.17, 15) is 18.0 Å². The van der Waals surface area contributed by atoms with E-state index in [1.54, 1.807) is 11.4 Å².